The minimum atomic E-state index is -0.307. The van der Waals surface area contributed by atoms with E-state index in [0.717, 1.165) is 24.7 Å². The van der Waals surface area contributed by atoms with E-state index in [1.54, 1.807) is 12.1 Å². The van der Waals surface area contributed by atoms with Crippen LogP contribution in [0.4, 0.5) is 5.69 Å². The topological polar surface area (TPSA) is 58.4 Å². The second kappa shape index (κ2) is 6.81. The molecular formula is C15H23N3O2. The molecule has 0 aliphatic heterocycles. The Morgan fingerprint density at radius 3 is 2.80 bits per heavy atom. The first-order valence-electron chi connectivity index (χ1n) is 7.24. The van der Waals surface area contributed by atoms with Crippen molar-refractivity contribution >= 4 is 5.69 Å². The van der Waals surface area contributed by atoms with Gasteiger partial charge in [0.15, 0.2) is 0 Å². The standard InChI is InChI=1S/C15H23N3O2/c1-12(17(2)14-7-8-14)11-16-10-9-13-5-3-4-6-15(13)18(19)20/h3-6,12,14,16H,7-11H2,1-2H3. The van der Waals surface area contributed by atoms with Crippen molar-refractivity contribution in [2.24, 2.45) is 0 Å². The molecule has 1 aromatic carbocycles. The normalized spacial score (nSPS) is 16.4. The highest BCUT2D eigenvalue weighted by Crippen LogP contribution is 2.26. The van der Waals surface area contributed by atoms with Gasteiger partial charge in [0.2, 0.25) is 0 Å². The molecular weight excluding hydrogens is 254 g/mol. The van der Waals surface area contributed by atoms with E-state index in [4.69, 9.17) is 0 Å². The zero-order valence-electron chi connectivity index (χ0n) is 12.2. The Morgan fingerprint density at radius 1 is 1.45 bits per heavy atom. The van der Waals surface area contributed by atoms with Crippen LogP contribution in [0.2, 0.25) is 0 Å². The lowest BCUT2D eigenvalue weighted by Crippen LogP contribution is -2.39. The number of nitro benzene ring substituents is 1. The summed E-state index contributed by atoms with van der Waals surface area (Å²) < 4.78 is 0. The van der Waals surface area contributed by atoms with E-state index in [-0.39, 0.29) is 10.6 Å². The maximum absolute atomic E-state index is 10.9. The lowest BCUT2D eigenvalue weighted by molar-refractivity contribution is -0.385. The first kappa shape index (κ1) is 14.9. The summed E-state index contributed by atoms with van der Waals surface area (Å²) in [5, 5.41) is 14.3. The van der Waals surface area contributed by atoms with Gasteiger partial charge in [-0.25, -0.2) is 0 Å². The largest absolute Gasteiger partial charge is 0.315 e. The van der Waals surface area contributed by atoms with Crippen LogP contribution in [0.3, 0.4) is 0 Å². The third-order valence-corrected chi connectivity index (χ3v) is 4.02. The average Bonchev–Trinajstić information content (AvgIpc) is 3.27. The smallest absolute Gasteiger partial charge is 0.272 e. The molecule has 0 aromatic heterocycles. The van der Waals surface area contributed by atoms with Crippen LogP contribution in [0.15, 0.2) is 24.3 Å². The summed E-state index contributed by atoms with van der Waals surface area (Å²) >= 11 is 0. The van der Waals surface area contributed by atoms with Gasteiger partial charge in [-0.2, -0.15) is 0 Å². The monoisotopic (exact) mass is 277 g/mol. The van der Waals surface area contributed by atoms with E-state index in [1.807, 2.05) is 12.1 Å². The molecule has 1 fully saturated rings. The highest BCUT2D eigenvalue weighted by Gasteiger charge is 2.28. The van der Waals surface area contributed by atoms with Gasteiger partial charge in [-0.1, -0.05) is 18.2 Å². The van der Waals surface area contributed by atoms with E-state index in [0.29, 0.717) is 12.5 Å². The molecule has 1 aromatic rings. The van der Waals surface area contributed by atoms with E-state index >= 15 is 0 Å². The number of benzene rings is 1. The molecule has 0 heterocycles. The zero-order chi connectivity index (χ0) is 14.5. The van der Waals surface area contributed by atoms with Crippen LogP contribution in [-0.2, 0) is 6.42 Å². The summed E-state index contributed by atoms with van der Waals surface area (Å²) in [5.74, 6) is 0. The predicted octanol–water partition coefficient (Wildman–Crippen LogP) is 2.21. The molecule has 1 aliphatic carbocycles. The molecule has 0 amide bonds. The van der Waals surface area contributed by atoms with E-state index in [1.165, 1.54) is 12.8 Å². The molecule has 0 saturated heterocycles. The molecule has 0 spiro atoms. The first-order chi connectivity index (χ1) is 9.59. The van der Waals surface area contributed by atoms with Gasteiger partial charge in [0.05, 0.1) is 4.92 Å². The third-order valence-electron chi connectivity index (χ3n) is 4.02. The summed E-state index contributed by atoms with van der Waals surface area (Å²) in [5.41, 5.74) is 1.02. The SMILES string of the molecule is CC(CNCCc1ccccc1[N+](=O)[O-])N(C)C1CC1. The highest BCUT2D eigenvalue weighted by molar-refractivity contribution is 5.39. The lowest BCUT2D eigenvalue weighted by atomic mass is 10.1. The van der Waals surface area contributed by atoms with E-state index in [2.05, 4.69) is 24.2 Å². The number of nitrogens with one attached hydrogen (secondary N) is 1. The first-order valence-corrected chi connectivity index (χ1v) is 7.24. The Kier molecular flexibility index (Phi) is 5.09. The van der Waals surface area contributed by atoms with E-state index in [9.17, 15) is 10.1 Å². The molecule has 0 radical (unpaired) electrons. The highest BCUT2D eigenvalue weighted by atomic mass is 16.6. The number of hydrogen-bond acceptors (Lipinski definition) is 4. The fourth-order valence-electron chi connectivity index (χ4n) is 2.42. The zero-order valence-corrected chi connectivity index (χ0v) is 12.2. The fourth-order valence-corrected chi connectivity index (χ4v) is 2.42. The maximum atomic E-state index is 10.9. The summed E-state index contributed by atoms with van der Waals surface area (Å²) in [6.07, 6.45) is 3.32. The molecule has 110 valence electrons. The van der Waals surface area contributed by atoms with Crippen LogP contribution in [0.25, 0.3) is 0 Å². The van der Waals surface area contributed by atoms with Crippen molar-refractivity contribution in [1.82, 2.24) is 10.2 Å². The molecule has 20 heavy (non-hydrogen) atoms. The Hall–Kier alpha value is -1.46. The number of likely N-dealkylation sites (N-methyl/N-ethyl adjacent to an activating group) is 1. The summed E-state index contributed by atoms with van der Waals surface area (Å²) in [6, 6.07) is 8.24. The van der Waals surface area contributed by atoms with Crippen molar-refractivity contribution in [3.05, 3.63) is 39.9 Å². The minimum absolute atomic E-state index is 0.220. The van der Waals surface area contributed by atoms with Gasteiger partial charge in [-0.15, -0.1) is 0 Å². The molecule has 0 bridgehead atoms. The van der Waals surface area contributed by atoms with Gasteiger partial charge in [0.1, 0.15) is 0 Å². The lowest BCUT2D eigenvalue weighted by Gasteiger charge is -2.24. The summed E-state index contributed by atoms with van der Waals surface area (Å²) in [4.78, 5) is 13.0. The molecule has 5 heteroatoms. The van der Waals surface area contributed by atoms with Gasteiger partial charge in [0.25, 0.3) is 5.69 Å². The molecule has 1 unspecified atom stereocenters. The number of para-hydroxylation sites is 1. The van der Waals surface area contributed by atoms with Crippen LogP contribution >= 0.6 is 0 Å². The van der Waals surface area contributed by atoms with Gasteiger partial charge < -0.3 is 5.32 Å². The average molecular weight is 277 g/mol. The summed E-state index contributed by atoms with van der Waals surface area (Å²) in [7, 11) is 2.17. The molecule has 1 saturated carbocycles. The molecule has 1 aliphatic rings. The molecule has 2 rings (SSSR count). The van der Waals surface area contributed by atoms with Crippen LogP contribution in [0.1, 0.15) is 25.3 Å². The van der Waals surface area contributed by atoms with Crippen molar-refractivity contribution < 1.29 is 4.92 Å². The Bertz CT molecular complexity index is 460. The predicted molar refractivity (Wildman–Crippen MR) is 79.9 cm³/mol. The van der Waals surface area contributed by atoms with Crippen molar-refractivity contribution in [2.75, 3.05) is 20.1 Å². The minimum Gasteiger partial charge on any atom is -0.315 e. The number of nitro groups is 1. The van der Waals surface area contributed by atoms with Crippen molar-refractivity contribution in [3.8, 4) is 0 Å². The van der Waals surface area contributed by atoms with Crippen LogP contribution in [0, 0.1) is 10.1 Å². The second-order valence-corrected chi connectivity index (χ2v) is 5.59. The van der Waals surface area contributed by atoms with Crippen LogP contribution < -0.4 is 5.32 Å². The quantitative estimate of drug-likeness (QED) is 0.449. The van der Waals surface area contributed by atoms with Crippen LogP contribution in [-0.4, -0.2) is 42.0 Å². The van der Waals surface area contributed by atoms with Gasteiger partial charge in [-0.05, 0) is 39.8 Å². The van der Waals surface area contributed by atoms with Gasteiger partial charge in [-0.3, -0.25) is 15.0 Å². The van der Waals surface area contributed by atoms with Crippen molar-refractivity contribution in [2.45, 2.75) is 38.3 Å². The van der Waals surface area contributed by atoms with E-state index < -0.39 is 0 Å². The number of hydrogen-bond donors (Lipinski definition) is 1. The molecule has 1 N–H and O–H groups in total. The number of rotatable bonds is 8. The van der Waals surface area contributed by atoms with Gasteiger partial charge in [0, 0.05) is 30.3 Å². The summed E-state index contributed by atoms with van der Waals surface area (Å²) in [6.45, 7) is 3.91. The molecule has 5 nitrogen and oxygen atoms in total. The Balaban J connectivity index is 1.74. The maximum Gasteiger partial charge on any atom is 0.272 e. The van der Waals surface area contributed by atoms with Crippen molar-refractivity contribution in [3.63, 3.8) is 0 Å². The second-order valence-electron chi connectivity index (χ2n) is 5.59. The molecule has 1 atom stereocenters. The third kappa shape index (κ3) is 4.02. The van der Waals surface area contributed by atoms with Gasteiger partial charge >= 0.3 is 0 Å². The Morgan fingerprint density at radius 2 is 2.15 bits per heavy atom. The Labute approximate surface area is 120 Å². The van der Waals surface area contributed by atoms with Crippen molar-refractivity contribution in [1.29, 1.82) is 0 Å². The van der Waals surface area contributed by atoms with Crippen LogP contribution in [0.5, 0.6) is 0 Å². The number of nitrogens with zero attached hydrogens (tertiary/aromatic N) is 2. The fraction of sp³-hybridized carbons (Fsp3) is 0.600.